The Balaban J connectivity index is 1.66. The molecule has 0 spiro atoms. The van der Waals surface area contributed by atoms with Gasteiger partial charge in [0.25, 0.3) is 5.91 Å². The van der Waals surface area contributed by atoms with E-state index in [0.717, 1.165) is 16.9 Å². The summed E-state index contributed by atoms with van der Waals surface area (Å²) < 4.78 is 0. The lowest BCUT2D eigenvalue weighted by Gasteiger charge is -2.13. The summed E-state index contributed by atoms with van der Waals surface area (Å²) in [6.07, 6.45) is 0.791. The van der Waals surface area contributed by atoms with E-state index in [9.17, 15) is 4.79 Å². The molecular weight excluding hydrogens is 379 g/mol. The van der Waals surface area contributed by atoms with E-state index in [2.05, 4.69) is 20.9 Å². The van der Waals surface area contributed by atoms with Crippen LogP contribution in [0.1, 0.15) is 21.7 Å². The van der Waals surface area contributed by atoms with E-state index in [-0.39, 0.29) is 5.91 Å². The first-order valence-corrected chi connectivity index (χ1v) is 9.44. The van der Waals surface area contributed by atoms with Crippen molar-refractivity contribution in [2.75, 3.05) is 20.1 Å². The molecule has 8 heteroatoms. The molecule has 0 fully saturated rings. The fraction of sp³-hybridized carbons (Fsp3) is 0.294. The van der Waals surface area contributed by atoms with Crippen LogP contribution in [0.2, 0.25) is 10.0 Å². The van der Waals surface area contributed by atoms with Crippen molar-refractivity contribution in [3.05, 3.63) is 56.2 Å². The van der Waals surface area contributed by atoms with Gasteiger partial charge in [-0.1, -0.05) is 35.3 Å². The third-order valence-corrected chi connectivity index (χ3v) is 4.82. The number of carbonyl (C=O) groups is 1. The van der Waals surface area contributed by atoms with Gasteiger partial charge >= 0.3 is 0 Å². The number of aliphatic imine (C=N–C) groups is 1. The van der Waals surface area contributed by atoms with Crippen molar-refractivity contribution in [3.63, 3.8) is 0 Å². The van der Waals surface area contributed by atoms with Crippen molar-refractivity contribution in [2.24, 2.45) is 4.99 Å². The molecule has 1 heterocycles. The van der Waals surface area contributed by atoms with Crippen molar-refractivity contribution in [3.8, 4) is 0 Å². The monoisotopic (exact) mass is 398 g/mol. The topological polar surface area (TPSA) is 65.5 Å². The Morgan fingerprint density at radius 1 is 1.16 bits per heavy atom. The minimum absolute atomic E-state index is 0.0325. The number of benzene rings is 1. The highest BCUT2D eigenvalue weighted by Crippen LogP contribution is 2.20. The second-order valence-corrected chi connectivity index (χ2v) is 6.97. The Morgan fingerprint density at radius 2 is 1.96 bits per heavy atom. The molecule has 0 aliphatic carbocycles. The van der Waals surface area contributed by atoms with E-state index in [0.29, 0.717) is 35.6 Å². The highest BCUT2D eigenvalue weighted by atomic mass is 35.5. The molecule has 2 rings (SSSR count). The molecule has 0 bridgehead atoms. The highest BCUT2D eigenvalue weighted by molar-refractivity contribution is 7.12. The van der Waals surface area contributed by atoms with E-state index < -0.39 is 0 Å². The molecule has 25 heavy (non-hydrogen) atoms. The molecule has 0 atom stereocenters. The van der Waals surface area contributed by atoms with E-state index in [1.54, 1.807) is 19.2 Å². The van der Waals surface area contributed by atoms with Crippen LogP contribution in [0.25, 0.3) is 0 Å². The summed E-state index contributed by atoms with van der Waals surface area (Å²) in [5.41, 5.74) is 0.942. The molecule has 3 N–H and O–H groups in total. The quantitative estimate of drug-likeness (QED) is 0.379. The van der Waals surface area contributed by atoms with E-state index in [4.69, 9.17) is 23.2 Å². The number of rotatable bonds is 7. The summed E-state index contributed by atoms with van der Waals surface area (Å²) in [4.78, 5) is 16.7. The van der Waals surface area contributed by atoms with Gasteiger partial charge < -0.3 is 16.0 Å². The Bertz CT molecular complexity index is 719. The van der Waals surface area contributed by atoms with E-state index in [1.807, 2.05) is 23.6 Å². The van der Waals surface area contributed by atoms with Crippen LogP contribution in [-0.4, -0.2) is 32.0 Å². The van der Waals surface area contributed by atoms with Crippen LogP contribution in [0.15, 0.2) is 40.7 Å². The van der Waals surface area contributed by atoms with Gasteiger partial charge in [-0.25, -0.2) is 0 Å². The molecule has 0 saturated heterocycles. The Morgan fingerprint density at radius 3 is 2.64 bits per heavy atom. The van der Waals surface area contributed by atoms with Crippen LogP contribution in [-0.2, 0) is 6.54 Å². The lowest BCUT2D eigenvalue weighted by molar-refractivity contribution is 0.0957. The van der Waals surface area contributed by atoms with Crippen molar-refractivity contribution >= 4 is 46.4 Å². The zero-order chi connectivity index (χ0) is 18.1. The van der Waals surface area contributed by atoms with Gasteiger partial charge in [0, 0.05) is 36.7 Å². The number of nitrogens with one attached hydrogen (secondary N) is 3. The van der Waals surface area contributed by atoms with Crippen molar-refractivity contribution in [1.29, 1.82) is 0 Å². The highest BCUT2D eigenvalue weighted by Gasteiger charge is 2.05. The molecule has 134 valence electrons. The minimum Gasteiger partial charge on any atom is -0.356 e. The van der Waals surface area contributed by atoms with Crippen LogP contribution in [0.3, 0.4) is 0 Å². The second-order valence-electron chi connectivity index (χ2n) is 5.18. The van der Waals surface area contributed by atoms with Crippen LogP contribution in [0.4, 0.5) is 0 Å². The molecule has 2 aromatic rings. The molecule has 1 amide bonds. The maximum absolute atomic E-state index is 11.8. The SMILES string of the molecule is CN=C(NCCCNC(=O)c1cccs1)NCc1ccc(Cl)cc1Cl. The largest absolute Gasteiger partial charge is 0.356 e. The predicted molar refractivity (Wildman–Crippen MR) is 106 cm³/mol. The molecule has 0 radical (unpaired) electrons. The first kappa shape index (κ1) is 19.6. The lowest BCUT2D eigenvalue weighted by Crippen LogP contribution is -2.38. The number of hydrogen-bond acceptors (Lipinski definition) is 3. The first-order chi connectivity index (χ1) is 12.1. The molecule has 1 aromatic heterocycles. The molecule has 0 saturated carbocycles. The summed E-state index contributed by atoms with van der Waals surface area (Å²) in [7, 11) is 1.71. The van der Waals surface area contributed by atoms with E-state index >= 15 is 0 Å². The van der Waals surface area contributed by atoms with Gasteiger partial charge in [0.05, 0.1) is 4.88 Å². The van der Waals surface area contributed by atoms with Gasteiger partial charge in [-0.2, -0.15) is 0 Å². The Labute approximate surface area is 161 Å². The third kappa shape index (κ3) is 6.57. The summed E-state index contributed by atoms with van der Waals surface area (Å²) in [6.45, 7) is 1.84. The summed E-state index contributed by atoms with van der Waals surface area (Å²) in [5, 5.41) is 12.4. The maximum atomic E-state index is 11.8. The second kappa shape index (κ2) is 10.3. The number of halogens is 2. The van der Waals surface area contributed by atoms with Crippen LogP contribution < -0.4 is 16.0 Å². The number of amides is 1. The van der Waals surface area contributed by atoms with Gasteiger partial charge in [0.15, 0.2) is 5.96 Å². The average molecular weight is 399 g/mol. The number of hydrogen-bond donors (Lipinski definition) is 3. The molecule has 0 aliphatic rings. The van der Waals surface area contributed by atoms with Gasteiger partial charge in [-0.05, 0) is 35.6 Å². The molecule has 0 unspecified atom stereocenters. The van der Waals surface area contributed by atoms with Crippen molar-refractivity contribution in [2.45, 2.75) is 13.0 Å². The standard InChI is InChI=1S/C17H20Cl2N4OS/c1-20-17(23-11-12-5-6-13(18)10-14(12)19)22-8-3-7-21-16(24)15-4-2-9-25-15/h2,4-6,9-10H,3,7-8,11H2,1H3,(H,21,24)(H2,20,22,23). The van der Waals surface area contributed by atoms with Crippen LogP contribution in [0, 0.1) is 0 Å². The fourth-order valence-electron chi connectivity index (χ4n) is 2.06. The van der Waals surface area contributed by atoms with Gasteiger partial charge in [-0.15, -0.1) is 11.3 Å². The normalized spacial score (nSPS) is 11.2. The number of nitrogens with zero attached hydrogens (tertiary/aromatic N) is 1. The predicted octanol–water partition coefficient (Wildman–Crippen LogP) is 3.54. The van der Waals surface area contributed by atoms with Gasteiger partial charge in [-0.3, -0.25) is 9.79 Å². The van der Waals surface area contributed by atoms with Gasteiger partial charge in [0.1, 0.15) is 0 Å². The zero-order valence-electron chi connectivity index (χ0n) is 13.8. The van der Waals surface area contributed by atoms with Crippen molar-refractivity contribution in [1.82, 2.24) is 16.0 Å². The number of carbonyl (C=O) groups excluding carboxylic acids is 1. The zero-order valence-corrected chi connectivity index (χ0v) is 16.1. The summed E-state index contributed by atoms with van der Waals surface area (Å²) in [5.74, 6) is 0.644. The fourth-order valence-corrected chi connectivity index (χ4v) is 3.17. The lowest BCUT2D eigenvalue weighted by atomic mass is 10.2. The van der Waals surface area contributed by atoms with E-state index in [1.165, 1.54) is 11.3 Å². The first-order valence-electron chi connectivity index (χ1n) is 7.80. The Hall–Kier alpha value is -1.76. The maximum Gasteiger partial charge on any atom is 0.261 e. The van der Waals surface area contributed by atoms with Gasteiger partial charge in [0.2, 0.25) is 0 Å². The molecule has 5 nitrogen and oxygen atoms in total. The number of thiophene rings is 1. The average Bonchev–Trinajstić information content (AvgIpc) is 3.13. The minimum atomic E-state index is -0.0325. The molecular formula is C17H20Cl2N4OS. The summed E-state index contributed by atoms with van der Waals surface area (Å²) in [6, 6.07) is 9.07. The Kier molecular flexibility index (Phi) is 8.04. The smallest absolute Gasteiger partial charge is 0.261 e. The van der Waals surface area contributed by atoms with Crippen LogP contribution in [0.5, 0.6) is 0 Å². The molecule has 0 aliphatic heterocycles. The van der Waals surface area contributed by atoms with Crippen molar-refractivity contribution < 1.29 is 4.79 Å². The summed E-state index contributed by atoms with van der Waals surface area (Å²) >= 11 is 13.5. The third-order valence-electron chi connectivity index (χ3n) is 3.36. The van der Waals surface area contributed by atoms with Crippen LogP contribution >= 0.6 is 34.5 Å². The number of guanidine groups is 1. The molecule has 1 aromatic carbocycles.